The number of hydrogen-bond acceptors (Lipinski definition) is 3. The Balaban J connectivity index is 1.85. The van der Waals surface area contributed by atoms with Gasteiger partial charge in [-0.25, -0.2) is 0 Å². The Bertz CT molecular complexity index is 550. The molecule has 1 aliphatic rings. The quantitative estimate of drug-likeness (QED) is 0.533. The van der Waals surface area contributed by atoms with Gasteiger partial charge in [0.15, 0.2) is 5.96 Å². The highest BCUT2D eigenvalue weighted by molar-refractivity contribution is 5.79. The lowest BCUT2D eigenvalue weighted by molar-refractivity contribution is 0.121. The summed E-state index contributed by atoms with van der Waals surface area (Å²) in [7, 11) is 3.90. The number of methoxy groups -OCH3 is 1. The predicted molar refractivity (Wildman–Crippen MR) is 114 cm³/mol. The number of hydrogen-bond donors (Lipinski definition) is 1. The largest absolute Gasteiger partial charge is 0.383 e. The highest BCUT2D eigenvalue weighted by Gasteiger charge is 2.19. The fourth-order valence-corrected chi connectivity index (χ4v) is 3.53. The monoisotopic (exact) mass is 374 g/mol. The maximum atomic E-state index is 5.19. The molecule has 0 atom stereocenters. The second-order valence-electron chi connectivity index (χ2n) is 7.50. The number of benzene rings is 1. The normalized spacial score (nSPS) is 16.5. The van der Waals surface area contributed by atoms with E-state index in [2.05, 4.69) is 60.3 Å². The molecular weight excluding hydrogens is 336 g/mol. The van der Waals surface area contributed by atoms with Gasteiger partial charge in [-0.2, -0.15) is 0 Å². The summed E-state index contributed by atoms with van der Waals surface area (Å²) < 4.78 is 5.19. The van der Waals surface area contributed by atoms with Crippen LogP contribution in [0.2, 0.25) is 0 Å². The first-order valence-corrected chi connectivity index (χ1v) is 10.4. The third-order valence-electron chi connectivity index (χ3n) is 5.37. The van der Waals surface area contributed by atoms with Gasteiger partial charge >= 0.3 is 0 Å². The zero-order chi connectivity index (χ0) is 19.5. The topological polar surface area (TPSA) is 40.1 Å². The third kappa shape index (κ3) is 7.51. The van der Waals surface area contributed by atoms with E-state index in [1.807, 2.05) is 0 Å². The number of aryl methyl sites for hydroxylation is 1. The number of likely N-dealkylation sites (tertiary alicyclic amines) is 1. The Labute approximate surface area is 165 Å². The van der Waals surface area contributed by atoms with Gasteiger partial charge in [0.25, 0.3) is 0 Å². The van der Waals surface area contributed by atoms with Crippen LogP contribution < -0.4 is 5.32 Å². The molecule has 0 radical (unpaired) electrons. The van der Waals surface area contributed by atoms with Gasteiger partial charge in [0.1, 0.15) is 0 Å². The predicted octanol–water partition coefficient (Wildman–Crippen LogP) is 3.00. The van der Waals surface area contributed by atoms with Crippen molar-refractivity contribution in [3.63, 3.8) is 0 Å². The van der Waals surface area contributed by atoms with Crippen molar-refractivity contribution in [2.24, 2.45) is 10.9 Å². The molecule has 1 N–H and O–H groups in total. The average Bonchev–Trinajstić information content (AvgIpc) is 2.70. The van der Waals surface area contributed by atoms with Gasteiger partial charge in [-0.15, -0.1) is 0 Å². The number of rotatable bonds is 9. The number of aliphatic imine (C=N–C) groups is 1. The summed E-state index contributed by atoms with van der Waals surface area (Å²) >= 11 is 0. The van der Waals surface area contributed by atoms with E-state index in [0.717, 1.165) is 45.2 Å². The van der Waals surface area contributed by atoms with Crippen LogP contribution in [0.4, 0.5) is 0 Å². The number of nitrogens with one attached hydrogen (secondary N) is 1. The van der Waals surface area contributed by atoms with Gasteiger partial charge in [0.05, 0.1) is 6.61 Å². The van der Waals surface area contributed by atoms with Crippen molar-refractivity contribution < 1.29 is 4.74 Å². The molecule has 0 bridgehead atoms. The van der Waals surface area contributed by atoms with E-state index < -0.39 is 0 Å². The van der Waals surface area contributed by atoms with Crippen LogP contribution in [-0.2, 0) is 17.7 Å². The minimum absolute atomic E-state index is 0.690. The summed E-state index contributed by atoms with van der Waals surface area (Å²) in [6.45, 7) is 11.2. The van der Waals surface area contributed by atoms with Crippen molar-refractivity contribution in [2.75, 3.05) is 53.5 Å². The van der Waals surface area contributed by atoms with Gasteiger partial charge in [-0.05, 0) is 56.3 Å². The zero-order valence-electron chi connectivity index (χ0n) is 17.7. The summed E-state index contributed by atoms with van der Waals surface area (Å²) in [4.78, 5) is 9.68. The first-order valence-electron chi connectivity index (χ1n) is 10.4. The summed E-state index contributed by atoms with van der Waals surface area (Å²) in [6, 6.07) is 8.92. The van der Waals surface area contributed by atoms with E-state index in [9.17, 15) is 0 Å². The van der Waals surface area contributed by atoms with Gasteiger partial charge < -0.3 is 19.9 Å². The van der Waals surface area contributed by atoms with Gasteiger partial charge in [0.2, 0.25) is 0 Å². The summed E-state index contributed by atoms with van der Waals surface area (Å²) in [5.74, 6) is 1.70. The Kier molecular flexibility index (Phi) is 9.64. The molecule has 1 saturated heterocycles. The van der Waals surface area contributed by atoms with Crippen LogP contribution in [0.25, 0.3) is 0 Å². The van der Waals surface area contributed by atoms with Crippen LogP contribution in [0.5, 0.6) is 0 Å². The average molecular weight is 375 g/mol. The van der Waals surface area contributed by atoms with Crippen LogP contribution in [0.3, 0.4) is 0 Å². The lowest BCUT2D eigenvalue weighted by atomic mass is 9.97. The number of guanidine groups is 1. The van der Waals surface area contributed by atoms with E-state index >= 15 is 0 Å². The SMILES string of the molecule is CCNC(=NCC1CCN(CCOC)CC1)N(C)Cc1ccc(CC)cc1. The molecule has 1 aromatic carbocycles. The molecule has 1 heterocycles. The molecule has 1 aromatic rings. The van der Waals surface area contributed by atoms with Crippen LogP contribution in [0.1, 0.15) is 37.8 Å². The molecule has 5 heteroatoms. The number of piperidine rings is 1. The molecular formula is C22H38N4O. The highest BCUT2D eigenvalue weighted by atomic mass is 16.5. The van der Waals surface area contributed by atoms with E-state index in [4.69, 9.17) is 9.73 Å². The van der Waals surface area contributed by atoms with E-state index in [-0.39, 0.29) is 0 Å². The summed E-state index contributed by atoms with van der Waals surface area (Å²) in [5.41, 5.74) is 2.71. The zero-order valence-corrected chi connectivity index (χ0v) is 17.7. The van der Waals surface area contributed by atoms with E-state index in [1.165, 1.54) is 37.1 Å². The lowest BCUT2D eigenvalue weighted by Crippen LogP contribution is -2.40. The fraction of sp³-hybridized carbons (Fsp3) is 0.682. The molecule has 27 heavy (non-hydrogen) atoms. The van der Waals surface area contributed by atoms with Crippen LogP contribution in [0, 0.1) is 5.92 Å². The maximum absolute atomic E-state index is 5.19. The Hall–Kier alpha value is -1.59. The molecule has 0 unspecified atom stereocenters. The fourth-order valence-electron chi connectivity index (χ4n) is 3.53. The van der Waals surface area contributed by atoms with Gasteiger partial charge in [0, 0.05) is 40.3 Å². The van der Waals surface area contributed by atoms with Crippen LogP contribution in [-0.4, -0.2) is 69.2 Å². The molecule has 2 rings (SSSR count). The minimum Gasteiger partial charge on any atom is -0.383 e. The van der Waals surface area contributed by atoms with Gasteiger partial charge in [-0.3, -0.25) is 4.99 Å². The van der Waals surface area contributed by atoms with Crippen molar-refractivity contribution in [1.82, 2.24) is 15.1 Å². The molecule has 0 spiro atoms. The summed E-state index contributed by atoms with van der Waals surface area (Å²) in [5, 5.41) is 3.45. The highest BCUT2D eigenvalue weighted by Crippen LogP contribution is 2.17. The smallest absolute Gasteiger partial charge is 0.193 e. The van der Waals surface area contributed by atoms with E-state index in [1.54, 1.807) is 7.11 Å². The first kappa shape index (κ1) is 21.7. The maximum Gasteiger partial charge on any atom is 0.193 e. The molecule has 1 aliphatic heterocycles. The molecule has 0 amide bonds. The molecule has 1 fully saturated rings. The summed E-state index contributed by atoms with van der Waals surface area (Å²) in [6.07, 6.45) is 3.55. The van der Waals surface area contributed by atoms with Crippen LogP contribution >= 0.6 is 0 Å². The lowest BCUT2D eigenvalue weighted by Gasteiger charge is -2.31. The molecule has 0 aliphatic carbocycles. The molecule has 5 nitrogen and oxygen atoms in total. The van der Waals surface area contributed by atoms with Crippen molar-refractivity contribution >= 4 is 5.96 Å². The van der Waals surface area contributed by atoms with Crippen molar-refractivity contribution in [2.45, 2.75) is 39.7 Å². The number of ether oxygens (including phenoxy) is 1. The van der Waals surface area contributed by atoms with E-state index in [0.29, 0.717) is 5.92 Å². The second-order valence-corrected chi connectivity index (χ2v) is 7.50. The van der Waals surface area contributed by atoms with Crippen molar-refractivity contribution in [3.8, 4) is 0 Å². The first-order chi connectivity index (χ1) is 13.2. The third-order valence-corrected chi connectivity index (χ3v) is 5.37. The van der Waals surface area contributed by atoms with Crippen molar-refractivity contribution in [1.29, 1.82) is 0 Å². The van der Waals surface area contributed by atoms with Crippen molar-refractivity contribution in [3.05, 3.63) is 35.4 Å². The Morgan fingerprint density at radius 2 is 1.85 bits per heavy atom. The van der Waals surface area contributed by atoms with Crippen LogP contribution in [0.15, 0.2) is 29.3 Å². The molecule has 0 saturated carbocycles. The number of nitrogens with zero attached hydrogens (tertiary/aromatic N) is 3. The van der Waals surface area contributed by atoms with Gasteiger partial charge in [-0.1, -0.05) is 31.2 Å². The second kappa shape index (κ2) is 12.0. The Morgan fingerprint density at radius 3 is 2.44 bits per heavy atom. The standard InChI is InChI=1S/C22H38N4O/c1-5-19-7-9-21(10-8-19)18-25(3)22(23-6-2)24-17-20-11-13-26(14-12-20)15-16-27-4/h7-10,20H,5-6,11-18H2,1-4H3,(H,23,24). The Morgan fingerprint density at radius 1 is 1.19 bits per heavy atom. The molecule has 152 valence electrons. The molecule has 0 aromatic heterocycles. The minimum atomic E-state index is 0.690.